The molecule has 0 aliphatic carbocycles. The quantitative estimate of drug-likeness (QED) is 0.616. The number of nitrogens with two attached hydrogens (primary N) is 1. The third-order valence-electron chi connectivity index (χ3n) is 1.60. The number of hydrogen-bond donors (Lipinski definition) is 1. The zero-order chi connectivity index (χ0) is 8.48. The highest BCUT2D eigenvalue weighted by atomic mass is 19.1. The van der Waals surface area contributed by atoms with E-state index in [1.54, 1.807) is 24.3 Å². The van der Waals surface area contributed by atoms with Crippen molar-refractivity contribution in [1.29, 1.82) is 0 Å². The molecule has 0 saturated carbocycles. The van der Waals surface area contributed by atoms with Crippen molar-refractivity contribution in [2.75, 3.05) is 5.73 Å². The Kier molecular flexibility index (Phi) is 1.85. The Morgan fingerprint density at radius 1 is 1.27 bits per heavy atom. The first-order valence-corrected chi connectivity index (χ1v) is 3.56. The maximum Gasteiger partial charge on any atom is 0.132 e. The normalized spacial score (nSPS) is 11.5. The van der Waals surface area contributed by atoms with Crippen molar-refractivity contribution in [1.82, 2.24) is 0 Å². The highest BCUT2D eigenvalue weighted by molar-refractivity contribution is 5.49. The predicted octanol–water partition coefficient (Wildman–Crippen LogP) is 2.47. The fourth-order valence-corrected chi connectivity index (χ4v) is 1.04. The Labute approximate surface area is 66.0 Å². The molecule has 1 aromatic carbocycles. The van der Waals surface area contributed by atoms with Crippen LogP contribution in [0.15, 0.2) is 24.3 Å². The van der Waals surface area contributed by atoms with Gasteiger partial charge in [0.1, 0.15) is 5.67 Å². The summed E-state index contributed by atoms with van der Waals surface area (Å²) >= 11 is 0. The van der Waals surface area contributed by atoms with Gasteiger partial charge < -0.3 is 5.73 Å². The lowest BCUT2D eigenvalue weighted by molar-refractivity contribution is 0.222. The van der Waals surface area contributed by atoms with Crippen LogP contribution in [0.5, 0.6) is 0 Å². The van der Waals surface area contributed by atoms with E-state index < -0.39 is 5.67 Å². The average Bonchev–Trinajstić information content (AvgIpc) is 1.86. The molecule has 0 amide bonds. The van der Waals surface area contributed by atoms with E-state index in [9.17, 15) is 4.39 Å². The number of halogens is 1. The van der Waals surface area contributed by atoms with Crippen LogP contribution in [0.25, 0.3) is 0 Å². The van der Waals surface area contributed by atoms with Crippen molar-refractivity contribution in [2.24, 2.45) is 0 Å². The van der Waals surface area contributed by atoms with Crippen molar-refractivity contribution in [3.05, 3.63) is 29.8 Å². The zero-order valence-corrected chi connectivity index (χ0v) is 6.76. The van der Waals surface area contributed by atoms with E-state index in [-0.39, 0.29) is 0 Å². The second kappa shape index (κ2) is 2.53. The van der Waals surface area contributed by atoms with Gasteiger partial charge in [-0.15, -0.1) is 0 Å². The number of benzene rings is 1. The van der Waals surface area contributed by atoms with E-state index in [2.05, 4.69) is 0 Å². The molecular weight excluding hydrogens is 141 g/mol. The minimum absolute atomic E-state index is 0.514. The van der Waals surface area contributed by atoms with Gasteiger partial charge in [-0.25, -0.2) is 4.39 Å². The van der Waals surface area contributed by atoms with Crippen LogP contribution in [0.4, 0.5) is 10.1 Å². The maximum absolute atomic E-state index is 13.3. The van der Waals surface area contributed by atoms with Gasteiger partial charge in [0, 0.05) is 11.3 Å². The van der Waals surface area contributed by atoms with Crippen molar-refractivity contribution >= 4 is 5.69 Å². The average molecular weight is 153 g/mol. The van der Waals surface area contributed by atoms with Crippen molar-refractivity contribution in [3.8, 4) is 0 Å². The lowest BCUT2D eigenvalue weighted by atomic mass is 9.99. The van der Waals surface area contributed by atoms with Gasteiger partial charge in [-0.2, -0.15) is 0 Å². The SMILES string of the molecule is CC(C)(F)c1ccccc1N. The lowest BCUT2D eigenvalue weighted by Gasteiger charge is -2.16. The summed E-state index contributed by atoms with van der Waals surface area (Å²) in [5.74, 6) is 0. The molecule has 0 aromatic heterocycles. The minimum atomic E-state index is -1.34. The fourth-order valence-electron chi connectivity index (χ4n) is 1.04. The minimum Gasteiger partial charge on any atom is -0.398 e. The molecule has 0 fully saturated rings. The van der Waals surface area contributed by atoms with Crippen LogP contribution in [-0.2, 0) is 5.67 Å². The lowest BCUT2D eigenvalue weighted by Crippen LogP contribution is -2.11. The third-order valence-corrected chi connectivity index (χ3v) is 1.60. The predicted molar refractivity (Wildman–Crippen MR) is 45.0 cm³/mol. The largest absolute Gasteiger partial charge is 0.398 e. The smallest absolute Gasteiger partial charge is 0.132 e. The summed E-state index contributed by atoms with van der Waals surface area (Å²) in [6.45, 7) is 3.00. The Morgan fingerprint density at radius 3 is 2.18 bits per heavy atom. The number of hydrogen-bond acceptors (Lipinski definition) is 1. The summed E-state index contributed by atoms with van der Waals surface area (Å²) in [5.41, 5.74) is 5.29. The molecule has 0 aliphatic rings. The molecule has 11 heavy (non-hydrogen) atoms. The molecule has 0 bridgehead atoms. The van der Waals surface area contributed by atoms with E-state index in [1.165, 1.54) is 13.8 Å². The summed E-state index contributed by atoms with van der Waals surface area (Å²) < 4.78 is 13.3. The molecule has 0 saturated heterocycles. The van der Waals surface area contributed by atoms with Gasteiger partial charge in [0.2, 0.25) is 0 Å². The standard InChI is InChI=1S/C9H12FN/c1-9(2,10)7-5-3-4-6-8(7)11/h3-6H,11H2,1-2H3. The fraction of sp³-hybridized carbons (Fsp3) is 0.333. The van der Waals surface area contributed by atoms with Crippen LogP contribution in [0, 0.1) is 0 Å². The van der Waals surface area contributed by atoms with Crippen LogP contribution in [0.1, 0.15) is 19.4 Å². The first kappa shape index (κ1) is 8.05. The highest BCUT2D eigenvalue weighted by Crippen LogP contribution is 2.28. The topological polar surface area (TPSA) is 26.0 Å². The van der Waals surface area contributed by atoms with Gasteiger partial charge in [-0.3, -0.25) is 0 Å². The second-order valence-corrected chi connectivity index (χ2v) is 3.06. The monoisotopic (exact) mass is 153 g/mol. The zero-order valence-electron chi connectivity index (χ0n) is 6.76. The summed E-state index contributed by atoms with van der Waals surface area (Å²) in [5, 5.41) is 0. The molecule has 1 rings (SSSR count). The molecular formula is C9H12FN. The number of alkyl halides is 1. The maximum atomic E-state index is 13.3. The second-order valence-electron chi connectivity index (χ2n) is 3.06. The van der Waals surface area contributed by atoms with Crippen LogP contribution < -0.4 is 5.73 Å². The van der Waals surface area contributed by atoms with Crippen LogP contribution in [0.2, 0.25) is 0 Å². The van der Waals surface area contributed by atoms with E-state index in [4.69, 9.17) is 5.73 Å². The first-order chi connectivity index (χ1) is 5.02. The Hall–Kier alpha value is -1.05. The summed E-state index contributed by atoms with van der Waals surface area (Å²) in [7, 11) is 0. The summed E-state index contributed by atoms with van der Waals surface area (Å²) in [4.78, 5) is 0. The van der Waals surface area contributed by atoms with Crippen LogP contribution >= 0.6 is 0 Å². The van der Waals surface area contributed by atoms with Crippen molar-refractivity contribution in [3.63, 3.8) is 0 Å². The molecule has 0 aliphatic heterocycles. The van der Waals surface area contributed by atoms with Gasteiger partial charge in [-0.1, -0.05) is 18.2 Å². The number of anilines is 1. The third kappa shape index (κ3) is 1.70. The molecule has 2 N–H and O–H groups in total. The van der Waals surface area contributed by atoms with E-state index >= 15 is 0 Å². The van der Waals surface area contributed by atoms with Gasteiger partial charge in [0.25, 0.3) is 0 Å². The molecule has 1 aromatic rings. The van der Waals surface area contributed by atoms with Crippen LogP contribution in [-0.4, -0.2) is 0 Å². The van der Waals surface area contributed by atoms with E-state index in [0.717, 1.165) is 0 Å². The Bertz CT molecular complexity index is 250. The number of rotatable bonds is 1. The van der Waals surface area contributed by atoms with Gasteiger partial charge in [0.15, 0.2) is 0 Å². The molecule has 0 atom stereocenters. The molecule has 60 valence electrons. The number of para-hydroxylation sites is 1. The van der Waals surface area contributed by atoms with Gasteiger partial charge in [0.05, 0.1) is 0 Å². The highest BCUT2D eigenvalue weighted by Gasteiger charge is 2.20. The van der Waals surface area contributed by atoms with E-state index in [1.807, 2.05) is 0 Å². The molecule has 0 unspecified atom stereocenters. The molecule has 0 radical (unpaired) electrons. The molecule has 0 heterocycles. The van der Waals surface area contributed by atoms with Gasteiger partial charge >= 0.3 is 0 Å². The number of nitrogen functional groups attached to an aromatic ring is 1. The molecule has 0 spiro atoms. The van der Waals surface area contributed by atoms with Crippen molar-refractivity contribution < 1.29 is 4.39 Å². The van der Waals surface area contributed by atoms with Gasteiger partial charge in [-0.05, 0) is 19.9 Å². The summed E-state index contributed by atoms with van der Waals surface area (Å²) in [6, 6.07) is 6.99. The Balaban J connectivity index is 3.14. The Morgan fingerprint density at radius 2 is 1.82 bits per heavy atom. The molecule has 1 nitrogen and oxygen atoms in total. The van der Waals surface area contributed by atoms with E-state index in [0.29, 0.717) is 11.3 Å². The summed E-state index contributed by atoms with van der Waals surface area (Å²) in [6.07, 6.45) is 0. The van der Waals surface area contributed by atoms with Crippen LogP contribution in [0.3, 0.4) is 0 Å². The molecule has 2 heteroatoms. The first-order valence-electron chi connectivity index (χ1n) is 3.56. The van der Waals surface area contributed by atoms with Crippen molar-refractivity contribution in [2.45, 2.75) is 19.5 Å².